The zero-order valence-corrected chi connectivity index (χ0v) is 11.1. The van der Waals surface area contributed by atoms with Crippen molar-refractivity contribution in [1.82, 2.24) is 0 Å². The van der Waals surface area contributed by atoms with E-state index in [2.05, 4.69) is 33.8 Å². The van der Waals surface area contributed by atoms with Gasteiger partial charge in [-0.2, -0.15) is 0 Å². The number of hydrogen-bond donors (Lipinski definition) is 0. The molecular weight excluding hydrogens is 200 g/mol. The van der Waals surface area contributed by atoms with Crippen LogP contribution >= 0.6 is 0 Å². The molecule has 0 N–H and O–H groups in total. The van der Waals surface area contributed by atoms with Gasteiger partial charge in [0.05, 0.1) is 12.4 Å². The van der Waals surface area contributed by atoms with Crippen molar-refractivity contribution in [3.63, 3.8) is 0 Å². The zero-order valence-electron chi connectivity index (χ0n) is 11.1. The van der Waals surface area contributed by atoms with Gasteiger partial charge in [0.2, 0.25) is 0 Å². The highest BCUT2D eigenvalue weighted by Crippen LogP contribution is 2.32. The topological polar surface area (TPSA) is 21.8 Å². The SMILES string of the molecule is C/C=C\C=C(\OCC1CO1)C(C)C(C)(C)C. The molecule has 1 heterocycles. The van der Waals surface area contributed by atoms with E-state index in [0.29, 0.717) is 18.6 Å². The summed E-state index contributed by atoms with van der Waals surface area (Å²) in [6.45, 7) is 12.5. The first-order valence-corrected chi connectivity index (χ1v) is 6.02. The number of ether oxygens (including phenoxy) is 2. The fourth-order valence-corrected chi connectivity index (χ4v) is 1.29. The summed E-state index contributed by atoms with van der Waals surface area (Å²) in [6.07, 6.45) is 6.44. The molecule has 0 amide bonds. The molecule has 2 heteroatoms. The van der Waals surface area contributed by atoms with Crippen molar-refractivity contribution < 1.29 is 9.47 Å². The van der Waals surface area contributed by atoms with Crippen LogP contribution in [0.4, 0.5) is 0 Å². The van der Waals surface area contributed by atoms with Gasteiger partial charge in [-0.25, -0.2) is 0 Å². The number of allylic oxidation sites excluding steroid dienone is 4. The lowest BCUT2D eigenvalue weighted by Gasteiger charge is -2.29. The molecular formula is C14H24O2. The van der Waals surface area contributed by atoms with Gasteiger partial charge in [0, 0.05) is 5.92 Å². The fourth-order valence-electron chi connectivity index (χ4n) is 1.29. The summed E-state index contributed by atoms with van der Waals surface area (Å²) >= 11 is 0. The van der Waals surface area contributed by atoms with Crippen molar-refractivity contribution in [3.05, 3.63) is 24.0 Å². The fraction of sp³-hybridized carbons (Fsp3) is 0.714. The summed E-state index contributed by atoms with van der Waals surface area (Å²) in [5.41, 5.74) is 0.220. The van der Waals surface area contributed by atoms with Gasteiger partial charge >= 0.3 is 0 Å². The molecule has 0 spiro atoms. The molecule has 0 bridgehead atoms. The highest BCUT2D eigenvalue weighted by molar-refractivity contribution is 5.11. The van der Waals surface area contributed by atoms with Crippen LogP contribution in [0, 0.1) is 11.3 Å². The number of epoxide rings is 1. The van der Waals surface area contributed by atoms with Crippen molar-refractivity contribution in [3.8, 4) is 0 Å². The van der Waals surface area contributed by atoms with Gasteiger partial charge in [0.1, 0.15) is 12.7 Å². The van der Waals surface area contributed by atoms with Crippen LogP contribution < -0.4 is 0 Å². The Labute approximate surface area is 99.3 Å². The van der Waals surface area contributed by atoms with Crippen molar-refractivity contribution in [2.45, 2.75) is 40.7 Å². The van der Waals surface area contributed by atoms with Crippen LogP contribution in [0.25, 0.3) is 0 Å². The quantitative estimate of drug-likeness (QED) is 0.405. The second-order valence-electron chi connectivity index (χ2n) is 5.45. The predicted octanol–water partition coefficient (Wildman–Crippen LogP) is 3.54. The van der Waals surface area contributed by atoms with E-state index in [1.165, 1.54) is 0 Å². The maximum Gasteiger partial charge on any atom is 0.116 e. The summed E-state index contributed by atoms with van der Waals surface area (Å²) in [6, 6.07) is 0. The molecule has 16 heavy (non-hydrogen) atoms. The van der Waals surface area contributed by atoms with E-state index in [1.807, 2.05) is 19.1 Å². The summed E-state index contributed by atoms with van der Waals surface area (Å²) in [4.78, 5) is 0. The average Bonchev–Trinajstić information content (AvgIpc) is 2.99. The Hall–Kier alpha value is -0.760. The smallest absolute Gasteiger partial charge is 0.116 e. The first kappa shape index (κ1) is 13.3. The minimum Gasteiger partial charge on any atom is -0.495 e. The average molecular weight is 224 g/mol. The van der Waals surface area contributed by atoms with Gasteiger partial charge in [-0.1, -0.05) is 39.8 Å². The van der Waals surface area contributed by atoms with Gasteiger partial charge in [0.15, 0.2) is 0 Å². The molecule has 0 radical (unpaired) electrons. The first-order valence-electron chi connectivity index (χ1n) is 6.02. The highest BCUT2D eigenvalue weighted by atomic mass is 16.6. The Morgan fingerprint density at radius 2 is 2.12 bits per heavy atom. The van der Waals surface area contributed by atoms with E-state index in [0.717, 1.165) is 12.4 Å². The lowest BCUT2D eigenvalue weighted by Crippen LogP contribution is -2.21. The second kappa shape index (κ2) is 5.53. The van der Waals surface area contributed by atoms with E-state index in [-0.39, 0.29) is 5.41 Å². The molecule has 2 nitrogen and oxygen atoms in total. The van der Waals surface area contributed by atoms with Crippen molar-refractivity contribution >= 4 is 0 Å². The molecule has 1 aliphatic rings. The standard InChI is InChI=1S/C14H24O2/c1-6-7-8-13(11(2)14(3,4)5)16-10-12-9-15-12/h6-8,11-12H,9-10H2,1-5H3/b7-6-,13-8+. The highest BCUT2D eigenvalue weighted by Gasteiger charge is 2.28. The predicted molar refractivity (Wildman–Crippen MR) is 67.2 cm³/mol. The molecule has 0 aromatic carbocycles. The summed E-state index contributed by atoms with van der Waals surface area (Å²) in [5.74, 6) is 1.46. The maximum atomic E-state index is 5.84. The number of rotatable bonds is 5. The van der Waals surface area contributed by atoms with Crippen LogP contribution in [-0.2, 0) is 9.47 Å². The lowest BCUT2D eigenvalue weighted by molar-refractivity contribution is 0.123. The monoisotopic (exact) mass is 224 g/mol. The Bertz CT molecular complexity index is 267. The van der Waals surface area contributed by atoms with Gasteiger partial charge in [0.25, 0.3) is 0 Å². The normalized spacial score (nSPS) is 23.6. The summed E-state index contributed by atoms with van der Waals surface area (Å²) in [5, 5.41) is 0. The van der Waals surface area contributed by atoms with Crippen LogP contribution in [0.1, 0.15) is 34.6 Å². The summed E-state index contributed by atoms with van der Waals surface area (Å²) in [7, 11) is 0. The minimum atomic E-state index is 0.220. The molecule has 1 aliphatic heterocycles. The Balaban J connectivity index is 2.61. The molecule has 1 saturated heterocycles. The largest absolute Gasteiger partial charge is 0.495 e. The van der Waals surface area contributed by atoms with Crippen molar-refractivity contribution in [2.75, 3.05) is 13.2 Å². The van der Waals surface area contributed by atoms with Crippen LogP contribution in [0.15, 0.2) is 24.0 Å². The van der Waals surface area contributed by atoms with E-state index in [9.17, 15) is 0 Å². The maximum absolute atomic E-state index is 5.84. The van der Waals surface area contributed by atoms with E-state index < -0.39 is 0 Å². The van der Waals surface area contributed by atoms with Crippen molar-refractivity contribution in [1.29, 1.82) is 0 Å². The molecule has 0 aromatic rings. The third-order valence-corrected chi connectivity index (χ3v) is 3.02. The number of hydrogen-bond acceptors (Lipinski definition) is 2. The van der Waals surface area contributed by atoms with Gasteiger partial charge in [-0.15, -0.1) is 0 Å². The van der Waals surface area contributed by atoms with Gasteiger partial charge in [-0.05, 0) is 18.4 Å². The van der Waals surface area contributed by atoms with Crippen LogP contribution in [0.5, 0.6) is 0 Å². The molecule has 92 valence electrons. The molecule has 2 unspecified atom stereocenters. The van der Waals surface area contributed by atoms with Crippen molar-refractivity contribution in [2.24, 2.45) is 11.3 Å². The lowest BCUT2D eigenvalue weighted by atomic mass is 9.80. The van der Waals surface area contributed by atoms with E-state index >= 15 is 0 Å². The first-order chi connectivity index (χ1) is 7.45. The zero-order chi connectivity index (χ0) is 12.2. The molecule has 1 fully saturated rings. The third kappa shape index (κ3) is 4.40. The molecule has 0 saturated carbocycles. The van der Waals surface area contributed by atoms with Crippen LogP contribution in [0.3, 0.4) is 0 Å². The van der Waals surface area contributed by atoms with E-state index in [4.69, 9.17) is 9.47 Å². The van der Waals surface area contributed by atoms with Crippen LogP contribution in [0.2, 0.25) is 0 Å². The molecule has 0 aliphatic carbocycles. The molecule has 1 rings (SSSR count). The minimum absolute atomic E-state index is 0.220. The van der Waals surface area contributed by atoms with Gasteiger partial charge < -0.3 is 9.47 Å². The Kier molecular flexibility index (Phi) is 4.60. The Morgan fingerprint density at radius 3 is 2.56 bits per heavy atom. The van der Waals surface area contributed by atoms with Crippen LogP contribution in [-0.4, -0.2) is 19.3 Å². The summed E-state index contributed by atoms with van der Waals surface area (Å²) < 4.78 is 11.0. The van der Waals surface area contributed by atoms with E-state index in [1.54, 1.807) is 0 Å². The third-order valence-electron chi connectivity index (χ3n) is 3.02. The molecule has 0 aromatic heterocycles. The Morgan fingerprint density at radius 1 is 1.50 bits per heavy atom. The molecule has 2 atom stereocenters. The van der Waals surface area contributed by atoms with Gasteiger partial charge in [-0.3, -0.25) is 0 Å². The second-order valence-corrected chi connectivity index (χ2v) is 5.45.